The lowest BCUT2D eigenvalue weighted by atomic mass is 10.4. The van der Waals surface area contributed by atoms with Crippen LogP contribution < -0.4 is 0 Å². The zero-order chi connectivity index (χ0) is 8.43. The topological polar surface area (TPSA) is 17.8 Å². The van der Waals surface area contributed by atoms with E-state index in [4.69, 9.17) is 11.6 Å². The maximum Gasteiger partial charge on any atom is 0.0668 e. The summed E-state index contributed by atoms with van der Waals surface area (Å²) < 4.78 is 3.10. The van der Waals surface area contributed by atoms with Crippen LogP contribution in [0.5, 0.6) is 0 Å². The number of hydrogen-bond acceptors (Lipinski definition) is 1. The van der Waals surface area contributed by atoms with Crippen molar-refractivity contribution in [1.82, 2.24) is 9.78 Å². The zero-order valence-corrected chi connectivity index (χ0v) is 9.43. The standard InChI is InChI=1S/C7H10ClIN2/c1-5(2)11-7(3-8)6(9)4-10-11/h4-5H,3H2,1-2H3. The maximum absolute atomic E-state index is 5.76. The Labute approximate surface area is 85.1 Å². The summed E-state index contributed by atoms with van der Waals surface area (Å²) in [6.07, 6.45) is 1.85. The summed E-state index contributed by atoms with van der Waals surface area (Å²) in [4.78, 5) is 0. The van der Waals surface area contributed by atoms with Crippen LogP contribution >= 0.6 is 34.2 Å². The fourth-order valence-corrected chi connectivity index (χ4v) is 1.99. The smallest absolute Gasteiger partial charge is 0.0668 e. The van der Waals surface area contributed by atoms with E-state index in [-0.39, 0.29) is 0 Å². The number of halogens is 2. The van der Waals surface area contributed by atoms with Gasteiger partial charge in [-0.15, -0.1) is 11.6 Å². The van der Waals surface area contributed by atoms with Gasteiger partial charge in [0.2, 0.25) is 0 Å². The van der Waals surface area contributed by atoms with Crippen molar-refractivity contribution in [3.63, 3.8) is 0 Å². The quantitative estimate of drug-likeness (QED) is 0.603. The van der Waals surface area contributed by atoms with Gasteiger partial charge in [-0.3, -0.25) is 4.68 Å². The van der Waals surface area contributed by atoms with Crippen molar-refractivity contribution in [3.05, 3.63) is 15.5 Å². The van der Waals surface area contributed by atoms with Gasteiger partial charge in [0.15, 0.2) is 0 Å². The SMILES string of the molecule is CC(C)n1ncc(I)c1CCl. The molecule has 0 amide bonds. The van der Waals surface area contributed by atoms with Crippen LogP contribution in [0.4, 0.5) is 0 Å². The molecular weight excluding hydrogens is 274 g/mol. The predicted octanol–water partition coefficient (Wildman–Crippen LogP) is 2.81. The van der Waals surface area contributed by atoms with E-state index >= 15 is 0 Å². The molecule has 62 valence electrons. The Bertz CT molecular complexity index is 245. The van der Waals surface area contributed by atoms with Crippen molar-refractivity contribution < 1.29 is 0 Å². The van der Waals surface area contributed by atoms with E-state index in [1.165, 1.54) is 0 Å². The largest absolute Gasteiger partial charge is 0.265 e. The number of hydrogen-bond donors (Lipinski definition) is 0. The average molecular weight is 285 g/mol. The van der Waals surface area contributed by atoms with E-state index in [1.807, 2.05) is 10.9 Å². The fourth-order valence-electron chi connectivity index (χ4n) is 0.937. The predicted molar refractivity (Wildman–Crippen MR) is 54.9 cm³/mol. The fraction of sp³-hybridized carbons (Fsp3) is 0.571. The van der Waals surface area contributed by atoms with Crippen LogP contribution in [-0.4, -0.2) is 9.78 Å². The minimum absolute atomic E-state index is 0.396. The van der Waals surface area contributed by atoms with Gasteiger partial charge in [0, 0.05) is 6.04 Å². The van der Waals surface area contributed by atoms with Gasteiger partial charge >= 0.3 is 0 Å². The van der Waals surface area contributed by atoms with E-state index in [2.05, 4.69) is 41.5 Å². The molecule has 1 aromatic rings. The van der Waals surface area contributed by atoms with Crippen molar-refractivity contribution in [3.8, 4) is 0 Å². The van der Waals surface area contributed by atoms with Crippen LogP contribution in [0.15, 0.2) is 6.20 Å². The normalized spacial score (nSPS) is 11.0. The average Bonchev–Trinajstić information content (AvgIpc) is 2.30. The summed E-state index contributed by atoms with van der Waals surface area (Å²) in [6, 6.07) is 0.396. The molecule has 4 heteroatoms. The Balaban J connectivity index is 3.05. The van der Waals surface area contributed by atoms with Crippen molar-refractivity contribution in [2.24, 2.45) is 0 Å². The molecule has 0 aromatic carbocycles. The van der Waals surface area contributed by atoms with Gasteiger partial charge in [0.25, 0.3) is 0 Å². The van der Waals surface area contributed by atoms with E-state index in [9.17, 15) is 0 Å². The Kier molecular flexibility index (Phi) is 3.18. The van der Waals surface area contributed by atoms with E-state index in [0.717, 1.165) is 9.26 Å². The van der Waals surface area contributed by atoms with Gasteiger partial charge in [-0.2, -0.15) is 5.10 Å². The number of nitrogens with zero attached hydrogens (tertiary/aromatic N) is 2. The first kappa shape index (κ1) is 9.32. The monoisotopic (exact) mass is 284 g/mol. The Morgan fingerprint density at radius 3 is 2.73 bits per heavy atom. The highest BCUT2D eigenvalue weighted by molar-refractivity contribution is 14.1. The lowest BCUT2D eigenvalue weighted by Gasteiger charge is -2.08. The van der Waals surface area contributed by atoms with Crippen LogP contribution in [0.25, 0.3) is 0 Å². The third-order valence-electron chi connectivity index (χ3n) is 1.46. The third-order valence-corrected chi connectivity index (χ3v) is 2.62. The van der Waals surface area contributed by atoms with Crippen molar-refractivity contribution >= 4 is 34.2 Å². The molecule has 11 heavy (non-hydrogen) atoms. The molecule has 0 aliphatic rings. The van der Waals surface area contributed by atoms with Crippen molar-refractivity contribution in [1.29, 1.82) is 0 Å². The first-order chi connectivity index (χ1) is 5.16. The van der Waals surface area contributed by atoms with Crippen LogP contribution in [0, 0.1) is 3.57 Å². The van der Waals surface area contributed by atoms with E-state index < -0.39 is 0 Å². The molecule has 0 spiro atoms. The highest BCUT2D eigenvalue weighted by Crippen LogP contribution is 2.17. The summed E-state index contributed by atoms with van der Waals surface area (Å²) in [6.45, 7) is 4.19. The van der Waals surface area contributed by atoms with E-state index in [0.29, 0.717) is 11.9 Å². The molecule has 2 nitrogen and oxygen atoms in total. The first-order valence-electron chi connectivity index (χ1n) is 3.44. The van der Waals surface area contributed by atoms with Gasteiger partial charge in [-0.1, -0.05) is 0 Å². The van der Waals surface area contributed by atoms with Crippen LogP contribution in [0.1, 0.15) is 25.6 Å². The molecule has 0 unspecified atom stereocenters. The molecular formula is C7H10ClIN2. The van der Waals surface area contributed by atoms with Gasteiger partial charge < -0.3 is 0 Å². The maximum atomic E-state index is 5.76. The molecule has 1 aromatic heterocycles. The molecule has 0 saturated heterocycles. The Morgan fingerprint density at radius 1 is 1.73 bits per heavy atom. The minimum atomic E-state index is 0.396. The van der Waals surface area contributed by atoms with Crippen LogP contribution in [0.3, 0.4) is 0 Å². The van der Waals surface area contributed by atoms with E-state index in [1.54, 1.807) is 0 Å². The van der Waals surface area contributed by atoms with Crippen molar-refractivity contribution in [2.75, 3.05) is 0 Å². The highest BCUT2D eigenvalue weighted by atomic mass is 127. The summed E-state index contributed by atoms with van der Waals surface area (Å²) in [5.41, 5.74) is 1.11. The Morgan fingerprint density at radius 2 is 2.36 bits per heavy atom. The minimum Gasteiger partial charge on any atom is -0.265 e. The second-order valence-electron chi connectivity index (χ2n) is 2.61. The molecule has 0 aliphatic heterocycles. The lowest BCUT2D eigenvalue weighted by molar-refractivity contribution is 0.517. The molecule has 0 bridgehead atoms. The van der Waals surface area contributed by atoms with Gasteiger partial charge in [-0.25, -0.2) is 0 Å². The molecule has 1 rings (SSSR count). The molecule has 0 N–H and O–H groups in total. The zero-order valence-electron chi connectivity index (χ0n) is 6.51. The lowest BCUT2D eigenvalue weighted by Crippen LogP contribution is -2.06. The highest BCUT2D eigenvalue weighted by Gasteiger charge is 2.08. The van der Waals surface area contributed by atoms with Gasteiger partial charge in [0.1, 0.15) is 0 Å². The molecule has 0 atom stereocenters. The molecule has 1 heterocycles. The second kappa shape index (κ2) is 3.76. The van der Waals surface area contributed by atoms with Crippen LogP contribution in [0.2, 0.25) is 0 Å². The molecule has 0 radical (unpaired) electrons. The third kappa shape index (κ3) is 1.87. The number of alkyl halides is 1. The Hall–Kier alpha value is 0.230. The van der Waals surface area contributed by atoms with Gasteiger partial charge in [0.05, 0.1) is 21.3 Å². The number of rotatable bonds is 2. The van der Waals surface area contributed by atoms with Crippen molar-refractivity contribution in [2.45, 2.75) is 25.8 Å². The van der Waals surface area contributed by atoms with Crippen LogP contribution in [-0.2, 0) is 5.88 Å². The molecule has 0 saturated carbocycles. The number of aromatic nitrogens is 2. The van der Waals surface area contributed by atoms with Gasteiger partial charge in [-0.05, 0) is 36.4 Å². The second-order valence-corrected chi connectivity index (χ2v) is 4.04. The summed E-state index contributed by atoms with van der Waals surface area (Å²) >= 11 is 8.00. The first-order valence-corrected chi connectivity index (χ1v) is 5.06. The molecule has 0 fully saturated rings. The summed E-state index contributed by atoms with van der Waals surface area (Å²) in [5.74, 6) is 0.538. The summed E-state index contributed by atoms with van der Waals surface area (Å²) in [7, 11) is 0. The molecule has 0 aliphatic carbocycles. The summed E-state index contributed by atoms with van der Waals surface area (Å²) in [5, 5.41) is 4.21.